The minimum absolute atomic E-state index is 0.0879. The number of para-hydroxylation sites is 2. The minimum Gasteiger partial charge on any atom is -0.482 e. The molecule has 0 aliphatic carbocycles. The lowest BCUT2D eigenvalue weighted by Crippen LogP contribution is -2.49. The summed E-state index contributed by atoms with van der Waals surface area (Å²) >= 11 is 0. The lowest BCUT2D eigenvalue weighted by Gasteiger charge is -2.29. The van der Waals surface area contributed by atoms with Crippen LogP contribution in [-0.4, -0.2) is 41.9 Å². The summed E-state index contributed by atoms with van der Waals surface area (Å²) in [6.07, 6.45) is -0.0980. The molecule has 2 aromatic rings. The van der Waals surface area contributed by atoms with Crippen LogP contribution in [0.25, 0.3) is 0 Å². The third-order valence-electron chi connectivity index (χ3n) is 5.15. The Balaban J connectivity index is 1.42. The molecular formula is C21H20N4O5. The first kappa shape index (κ1) is 19.4. The Labute approximate surface area is 172 Å². The summed E-state index contributed by atoms with van der Waals surface area (Å²) in [4.78, 5) is 51.3. The van der Waals surface area contributed by atoms with Crippen molar-refractivity contribution in [2.24, 2.45) is 0 Å². The number of benzene rings is 2. The van der Waals surface area contributed by atoms with E-state index in [2.05, 4.69) is 10.7 Å². The average molecular weight is 408 g/mol. The molecular weight excluding hydrogens is 388 g/mol. The Morgan fingerprint density at radius 3 is 2.57 bits per heavy atom. The SMILES string of the molecule is CC1(c2ccccc2)NC(=O)N(NC(=O)CCN2C(=O)COc3ccccc32)C1=O. The molecule has 4 rings (SSSR count). The molecule has 0 saturated carbocycles. The normalized spacial score (nSPS) is 20.5. The third kappa shape index (κ3) is 3.34. The van der Waals surface area contributed by atoms with Gasteiger partial charge < -0.3 is 15.0 Å². The summed E-state index contributed by atoms with van der Waals surface area (Å²) in [6.45, 7) is 1.56. The van der Waals surface area contributed by atoms with Crippen LogP contribution in [0, 0.1) is 0 Å². The zero-order chi connectivity index (χ0) is 21.3. The monoisotopic (exact) mass is 408 g/mol. The number of hydrazine groups is 1. The van der Waals surface area contributed by atoms with Gasteiger partial charge in [0.05, 0.1) is 5.69 Å². The Hall–Kier alpha value is -3.88. The fraction of sp³-hybridized carbons (Fsp3) is 0.238. The molecule has 30 heavy (non-hydrogen) atoms. The number of carbonyl (C=O) groups is 4. The first-order valence-electron chi connectivity index (χ1n) is 9.44. The van der Waals surface area contributed by atoms with Crippen LogP contribution in [0.4, 0.5) is 10.5 Å². The Morgan fingerprint density at radius 1 is 1.10 bits per heavy atom. The van der Waals surface area contributed by atoms with E-state index < -0.39 is 23.4 Å². The van der Waals surface area contributed by atoms with Crippen LogP contribution < -0.4 is 20.4 Å². The quantitative estimate of drug-likeness (QED) is 0.725. The molecule has 2 aliphatic heterocycles. The van der Waals surface area contributed by atoms with Gasteiger partial charge in [-0.05, 0) is 24.6 Å². The zero-order valence-electron chi connectivity index (χ0n) is 16.3. The molecule has 0 radical (unpaired) electrons. The van der Waals surface area contributed by atoms with Gasteiger partial charge in [-0.1, -0.05) is 42.5 Å². The molecule has 5 amide bonds. The smallest absolute Gasteiger partial charge is 0.344 e. The number of urea groups is 1. The number of rotatable bonds is 5. The molecule has 2 aromatic carbocycles. The van der Waals surface area contributed by atoms with E-state index in [0.29, 0.717) is 22.0 Å². The van der Waals surface area contributed by atoms with Crippen LogP contribution in [0.2, 0.25) is 0 Å². The highest BCUT2D eigenvalue weighted by Gasteiger charge is 2.49. The highest BCUT2D eigenvalue weighted by atomic mass is 16.5. The number of fused-ring (bicyclic) bond motifs is 1. The van der Waals surface area contributed by atoms with Gasteiger partial charge in [-0.3, -0.25) is 19.8 Å². The van der Waals surface area contributed by atoms with Crippen LogP contribution in [0.15, 0.2) is 54.6 Å². The van der Waals surface area contributed by atoms with E-state index in [1.165, 1.54) is 4.90 Å². The number of carbonyl (C=O) groups excluding carboxylic acids is 4. The van der Waals surface area contributed by atoms with Crippen molar-refractivity contribution >= 4 is 29.4 Å². The van der Waals surface area contributed by atoms with Gasteiger partial charge >= 0.3 is 6.03 Å². The third-order valence-corrected chi connectivity index (χ3v) is 5.15. The van der Waals surface area contributed by atoms with E-state index in [4.69, 9.17) is 4.74 Å². The van der Waals surface area contributed by atoms with Crippen LogP contribution in [0.1, 0.15) is 18.9 Å². The van der Waals surface area contributed by atoms with Crippen LogP contribution >= 0.6 is 0 Å². The number of nitrogens with one attached hydrogen (secondary N) is 2. The highest BCUT2D eigenvalue weighted by Crippen LogP contribution is 2.31. The highest BCUT2D eigenvalue weighted by molar-refractivity contribution is 6.08. The molecule has 1 saturated heterocycles. The first-order chi connectivity index (χ1) is 14.4. The van der Waals surface area contributed by atoms with E-state index in [9.17, 15) is 19.2 Å². The Morgan fingerprint density at radius 2 is 1.80 bits per heavy atom. The van der Waals surface area contributed by atoms with Crippen LogP contribution in [0.3, 0.4) is 0 Å². The minimum atomic E-state index is -1.27. The standard InChI is InChI=1S/C21H20N4O5/c1-21(14-7-3-2-4-8-14)19(28)25(20(29)22-21)23-17(26)11-12-24-15-9-5-6-10-16(15)30-13-18(24)27/h2-10H,11-13H2,1H3,(H,22,29)(H,23,26). The van der Waals surface area contributed by atoms with Crippen molar-refractivity contribution in [3.8, 4) is 5.75 Å². The molecule has 1 fully saturated rings. The molecule has 154 valence electrons. The van der Waals surface area contributed by atoms with Gasteiger partial charge in [-0.15, -0.1) is 0 Å². The number of hydrogen-bond acceptors (Lipinski definition) is 5. The largest absolute Gasteiger partial charge is 0.482 e. The van der Waals surface area contributed by atoms with Gasteiger partial charge in [-0.2, -0.15) is 5.01 Å². The van der Waals surface area contributed by atoms with Crippen molar-refractivity contribution < 1.29 is 23.9 Å². The predicted molar refractivity (Wildman–Crippen MR) is 106 cm³/mol. The molecule has 0 aromatic heterocycles. The van der Waals surface area contributed by atoms with Crippen molar-refractivity contribution in [2.75, 3.05) is 18.1 Å². The number of amides is 5. The zero-order valence-corrected chi connectivity index (χ0v) is 16.3. The molecule has 0 bridgehead atoms. The molecule has 2 N–H and O–H groups in total. The number of hydrogen-bond donors (Lipinski definition) is 2. The van der Waals surface area contributed by atoms with E-state index in [1.54, 1.807) is 61.5 Å². The number of ether oxygens (including phenoxy) is 1. The van der Waals surface area contributed by atoms with Crippen molar-refractivity contribution in [1.29, 1.82) is 0 Å². The molecule has 9 nitrogen and oxygen atoms in total. The maximum absolute atomic E-state index is 12.8. The maximum atomic E-state index is 12.8. The number of nitrogens with zero attached hydrogens (tertiary/aromatic N) is 2. The van der Waals surface area contributed by atoms with Crippen molar-refractivity contribution in [3.63, 3.8) is 0 Å². The second-order valence-corrected chi connectivity index (χ2v) is 7.15. The molecule has 2 heterocycles. The lowest BCUT2D eigenvalue weighted by atomic mass is 9.92. The molecule has 9 heteroatoms. The lowest BCUT2D eigenvalue weighted by molar-refractivity contribution is -0.139. The summed E-state index contributed by atoms with van der Waals surface area (Å²) in [7, 11) is 0. The fourth-order valence-electron chi connectivity index (χ4n) is 3.50. The maximum Gasteiger partial charge on any atom is 0.344 e. The van der Waals surface area contributed by atoms with Crippen LogP contribution in [0.5, 0.6) is 5.75 Å². The second kappa shape index (κ2) is 7.51. The van der Waals surface area contributed by atoms with E-state index >= 15 is 0 Å². The van der Waals surface area contributed by atoms with Gasteiger partial charge in [0.2, 0.25) is 5.91 Å². The molecule has 1 atom stereocenters. The first-order valence-corrected chi connectivity index (χ1v) is 9.44. The number of imide groups is 1. The Kier molecular flexibility index (Phi) is 4.86. The van der Waals surface area contributed by atoms with E-state index in [-0.39, 0.29) is 25.5 Å². The van der Waals surface area contributed by atoms with Crippen molar-refractivity contribution in [3.05, 3.63) is 60.2 Å². The number of anilines is 1. The summed E-state index contributed by atoms with van der Waals surface area (Å²) in [6, 6.07) is 15.1. The van der Waals surface area contributed by atoms with Gasteiger partial charge in [0.25, 0.3) is 11.8 Å². The summed E-state index contributed by atoms with van der Waals surface area (Å²) in [5, 5.41) is 3.30. The fourth-order valence-corrected chi connectivity index (χ4v) is 3.50. The molecule has 1 unspecified atom stereocenters. The van der Waals surface area contributed by atoms with Gasteiger partial charge in [0, 0.05) is 13.0 Å². The van der Waals surface area contributed by atoms with E-state index in [1.807, 2.05) is 0 Å². The second-order valence-electron chi connectivity index (χ2n) is 7.15. The van der Waals surface area contributed by atoms with Crippen LogP contribution in [-0.2, 0) is 19.9 Å². The van der Waals surface area contributed by atoms with Crippen molar-refractivity contribution in [1.82, 2.24) is 15.8 Å². The summed E-state index contributed by atoms with van der Waals surface area (Å²) in [5.74, 6) is -0.856. The predicted octanol–water partition coefficient (Wildman–Crippen LogP) is 1.30. The topological polar surface area (TPSA) is 108 Å². The van der Waals surface area contributed by atoms with Gasteiger partial charge in [0.1, 0.15) is 11.3 Å². The Bertz CT molecular complexity index is 1030. The summed E-state index contributed by atoms with van der Waals surface area (Å²) < 4.78 is 5.38. The van der Waals surface area contributed by atoms with E-state index in [0.717, 1.165) is 0 Å². The van der Waals surface area contributed by atoms with Crippen molar-refractivity contribution in [2.45, 2.75) is 18.9 Å². The summed E-state index contributed by atoms with van der Waals surface area (Å²) in [5.41, 5.74) is 2.26. The molecule has 0 spiro atoms. The molecule has 2 aliphatic rings. The van der Waals surface area contributed by atoms with Gasteiger partial charge in [-0.25, -0.2) is 4.79 Å². The van der Waals surface area contributed by atoms with Gasteiger partial charge in [0.15, 0.2) is 6.61 Å². The average Bonchev–Trinajstić information content (AvgIpc) is 2.97.